The fourth-order valence-corrected chi connectivity index (χ4v) is 2.10. The Labute approximate surface area is 83.5 Å². The van der Waals surface area contributed by atoms with Gasteiger partial charge in [-0.25, -0.2) is 0 Å². The summed E-state index contributed by atoms with van der Waals surface area (Å²) in [6.07, 6.45) is 1.36. The Morgan fingerprint density at radius 1 is 1.38 bits per heavy atom. The highest BCUT2D eigenvalue weighted by atomic mass is 15.1. The first kappa shape index (κ1) is 11.0. The van der Waals surface area contributed by atoms with Crippen LogP contribution >= 0.6 is 0 Å². The van der Waals surface area contributed by atoms with Crippen LogP contribution in [-0.4, -0.2) is 24.5 Å². The summed E-state index contributed by atoms with van der Waals surface area (Å²) in [5.41, 5.74) is 0.563. The maximum Gasteiger partial charge on any atom is 0.00122 e. The lowest BCUT2D eigenvalue weighted by molar-refractivity contribution is 0.0639. The van der Waals surface area contributed by atoms with Crippen LogP contribution in [0.25, 0.3) is 0 Å². The van der Waals surface area contributed by atoms with E-state index in [4.69, 9.17) is 0 Å². The lowest BCUT2D eigenvalue weighted by Gasteiger charge is -2.43. The van der Waals surface area contributed by atoms with Gasteiger partial charge in [0.05, 0.1) is 0 Å². The topological polar surface area (TPSA) is 3.24 Å². The fourth-order valence-electron chi connectivity index (χ4n) is 2.10. The number of rotatable bonds is 2. The molecule has 1 unspecified atom stereocenters. The summed E-state index contributed by atoms with van der Waals surface area (Å²) in [7, 11) is 0. The molecule has 1 saturated heterocycles. The van der Waals surface area contributed by atoms with Crippen LogP contribution in [0.15, 0.2) is 0 Å². The summed E-state index contributed by atoms with van der Waals surface area (Å²) >= 11 is 0. The van der Waals surface area contributed by atoms with Crippen molar-refractivity contribution in [1.29, 1.82) is 0 Å². The molecule has 0 saturated carbocycles. The summed E-state index contributed by atoms with van der Waals surface area (Å²) < 4.78 is 0. The molecule has 1 nitrogen and oxygen atoms in total. The fraction of sp³-hybridized carbons (Fsp3) is 1.00. The van der Waals surface area contributed by atoms with Gasteiger partial charge in [0, 0.05) is 13.1 Å². The van der Waals surface area contributed by atoms with Crippen molar-refractivity contribution in [2.24, 2.45) is 17.3 Å². The van der Waals surface area contributed by atoms with Gasteiger partial charge in [0.1, 0.15) is 0 Å². The van der Waals surface area contributed by atoms with E-state index in [1.807, 2.05) is 0 Å². The van der Waals surface area contributed by atoms with E-state index in [0.29, 0.717) is 5.41 Å². The molecule has 0 aliphatic carbocycles. The highest BCUT2D eigenvalue weighted by molar-refractivity contribution is 4.84. The minimum absolute atomic E-state index is 0.563. The predicted molar refractivity (Wildman–Crippen MR) is 58.8 cm³/mol. The molecule has 1 rings (SSSR count). The van der Waals surface area contributed by atoms with Crippen molar-refractivity contribution < 1.29 is 0 Å². The maximum absolute atomic E-state index is 2.63. The summed E-state index contributed by atoms with van der Waals surface area (Å²) in [5, 5.41) is 0. The van der Waals surface area contributed by atoms with Crippen LogP contribution in [0.3, 0.4) is 0 Å². The highest BCUT2D eigenvalue weighted by Gasteiger charge is 2.32. The Morgan fingerprint density at radius 3 is 2.46 bits per heavy atom. The van der Waals surface area contributed by atoms with Crippen LogP contribution < -0.4 is 0 Å². The molecule has 78 valence electrons. The predicted octanol–water partition coefficient (Wildman–Crippen LogP) is 3.01. The lowest BCUT2D eigenvalue weighted by atomic mass is 9.74. The van der Waals surface area contributed by atoms with Crippen LogP contribution in [0, 0.1) is 17.3 Å². The van der Waals surface area contributed by atoms with Crippen molar-refractivity contribution >= 4 is 0 Å². The molecule has 1 aliphatic heterocycles. The second kappa shape index (κ2) is 4.00. The van der Waals surface area contributed by atoms with Crippen molar-refractivity contribution in [3.8, 4) is 0 Å². The zero-order chi connectivity index (χ0) is 10.1. The zero-order valence-electron chi connectivity index (χ0n) is 9.93. The van der Waals surface area contributed by atoms with Gasteiger partial charge in [-0.15, -0.1) is 0 Å². The standard InChI is InChI=1S/C12H25N/c1-10(2)8-13-7-6-12(4,5)11(3)9-13/h10-11H,6-9H2,1-5H3. The molecular formula is C12H25N. The van der Waals surface area contributed by atoms with Gasteiger partial charge in [-0.3, -0.25) is 0 Å². The van der Waals surface area contributed by atoms with Crippen molar-refractivity contribution in [2.75, 3.05) is 19.6 Å². The van der Waals surface area contributed by atoms with Crippen LogP contribution in [0.4, 0.5) is 0 Å². The van der Waals surface area contributed by atoms with Crippen LogP contribution in [0.1, 0.15) is 41.0 Å². The average Bonchev–Trinajstić information content (AvgIpc) is 1.97. The van der Waals surface area contributed by atoms with E-state index in [2.05, 4.69) is 39.5 Å². The first-order chi connectivity index (χ1) is 5.92. The van der Waals surface area contributed by atoms with Gasteiger partial charge in [-0.2, -0.15) is 0 Å². The van der Waals surface area contributed by atoms with E-state index < -0.39 is 0 Å². The minimum Gasteiger partial charge on any atom is -0.303 e. The van der Waals surface area contributed by atoms with Gasteiger partial charge in [-0.05, 0) is 30.2 Å². The van der Waals surface area contributed by atoms with E-state index in [0.717, 1.165) is 11.8 Å². The third-order valence-corrected chi connectivity index (χ3v) is 3.56. The first-order valence-corrected chi connectivity index (χ1v) is 5.64. The maximum atomic E-state index is 2.63. The van der Waals surface area contributed by atoms with Crippen LogP contribution in [0.5, 0.6) is 0 Å². The van der Waals surface area contributed by atoms with E-state index in [-0.39, 0.29) is 0 Å². The average molecular weight is 183 g/mol. The Morgan fingerprint density at radius 2 is 2.00 bits per heavy atom. The SMILES string of the molecule is CC(C)CN1CCC(C)(C)C(C)C1. The van der Waals surface area contributed by atoms with Crippen molar-refractivity contribution in [2.45, 2.75) is 41.0 Å². The van der Waals surface area contributed by atoms with Gasteiger partial charge in [-0.1, -0.05) is 34.6 Å². The summed E-state index contributed by atoms with van der Waals surface area (Å²) in [4.78, 5) is 2.63. The number of piperidine rings is 1. The first-order valence-electron chi connectivity index (χ1n) is 5.64. The van der Waals surface area contributed by atoms with Crippen molar-refractivity contribution in [3.05, 3.63) is 0 Å². The molecule has 0 bridgehead atoms. The second-order valence-electron chi connectivity index (χ2n) is 5.79. The van der Waals surface area contributed by atoms with Gasteiger partial charge in [0.25, 0.3) is 0 Å². The van der Waals surface area contributed by atoms with Crippen LogP contribution in [-0.2, 0) is 0 Å². The molecule has 0 amide bonds. The number of nitrogens with zero attached hydrogens (tertiary/aromatic N) is 1. The molecule has 0 aromatic heterocycles. The molecule has 13 heavy (non-hydrogen) atoms. The van der Waals surface area contributed by atoms with Gasteiger partial charge >= 0.3 is 0 Å². The third kappa shape index (κ3) is 2.98. The number of likely N-dealkylation sites (tertiary alicyclic amines) is 1. The third-order valence-electron chi connectivity index (χ3n) is 3.56. The molecule has 1 fully saturated rings. The van der Waals surface area contributed by atoms with Gasteiger partial charge < -0.3 is 4.90 Å². The Balaban J connectivity index is 2.42. The number of hydrogen-bond acceptors (Lipinski definition) is 1. The largest absolute Gasteiger partial charge is 0.303 e. The zero-order valence-corrected chi connectivity index (χ0v) is 9.93. The quantitative estimate of drug-likeness (QED) is 0.636. The summed E-state index contributed by atoms with van der Waals surface area (Å²) in [6.45, 7) is 15.7. The Kier molecular flexibility index (Phi) is 3.39. The summed E-state index contributed by atoms with van der Waals surface area (Å²) in [6, 6.07) is 0. The van der Waals surface area contributed by atoms with Crippen LogP contribution in [0.2, 0.25) is 0 Å². The smallest absolute Gasteiger partial charge is 0.00122 e. The highest BCUT2D eigenvalue weighted by Crippen LogP contribution is 2.35. The molecule has 0 aromatic carbocycles. The molecule has 1 atom stereocenters. The monoisotopic (exact) mass is 183 g/mol. The second-order valence-corrected chi connectivity index (χ2v) is 5.79. The normalized spacial score (nSPS) is 29.5. The molecule has 0 aromatic rings. The molecule has 1 heterocycles. The molecule has 1 aliphatic rings. The Hall–Kier alpha value is -0.0400. The molecule has 0 spiro atoms. The Bertz CT molecular complexity index is 161. The van der Waals surface area contributed by atoms with Gasteiger partial charge in [0.2, 0.25) is 0 Å². The van der Waals surface area contributed by atoms with E-state index in [1.54, 1.807) is 0 Å². The lowest BCUT2D eigenvalue weighted by Crippen LogP contribution is -2.44. The van der Waals surface area contributed by atoms with E-state index in [9.17, 15) is 0 Å². The molecule has 1 heteroatoms. The van der Waals surface area contributed by atoms with E-state index >= 15 is 0 Å². The molecular weight excluding hydrogens is 158 g/mol. The van der Waals surface area contributed by atoms with Crippen molar-refractivity contribution in [1.82, 2.24) is 4.90 Å². The number of hydrogen-bond donors (Lipinski definition) is 0. The van der Waals surface area contributed by atoms with Gasteiger partial charge in [0.15, 0.2) is 0 Å². The summed E-state index contributed by atoms with van der Waals surface area (Å²) in [5.74, 6) is 1.66. The molecule has 0 radical (unpaired) electrons. The minimum atomic E-state index is 0.563. The van der Waals surface area contributed by atoms with E-state index in [1.165, 1.54) is 26.1 Å². The van der Waals surface area contributed by atoms with Crippen molar-refractivity contribution in [3.63, 3.8) is 0 Å². The molecule has 0 N–H and O–H groups in total.